The fourth-order valence-electron chi connectivity index (χ4n) is 3.26. The summed E-state index contributed by atoms with van der Waals surface area (Å²) in [6.07, 6.45) is 7.01. The Morgan fingerprint density at radius 3 is 2.77 bits per heavy atom. The van der Waals surface area contributed by atoms with Gasteiger partial charge in [-0.1, -0.05) is 0 Å². The van der Waals surface area contributed by atoms with Gasteiger partial charge in [0.05, 0.1) is 52.7 Å². The van der Waals surface area contributed by atoms with Gasteiger partial charge in [0.15, 0.2) is 5.01 Å². The van der Waals surface area contributed by atoms with Crippen LogP contribution in [0.3, 0.4) is 0 Å². The highest BCUT2D eigenvalue weighted by molar-refractivity contribution is 7.93. The van der Waals surface area contributed by atoms with Crippen LogP contribution in [0.4, 0.5) is 5.69 Å². The summed E-state index contributed by atoms with van der Waals surface area (Å²) in [5, 5.41) is 2.77. The number of methoxy groups -OCH3 is 1. The minimum atomic E-state index is -3.43. The number of pyridine rings is 1. The summed E-state index contributed by atoms with van der Waals surface area (Å²) in [6, 6.07) is 2.53. The molecule has 0 bridgehead atoms. The second-order valence-electron chi connectivity index (χ2n) is 7.91. The predicted octanol–water partition coefficient (Wildman–Crippen LogP) is 2.80. The van der Waals surface area contributed by atoms with Crippen molar-refractivity contribution in [2.75, 3.05) is 18.4 Å². The summed E-state index contributed by atoms with van der Waals surface area (Å²) in [4.78, 5) is 30.8. The maximum atomic E-state index is 13.1. The third-order valence-electron chi connectivity index (χ3n) is 5.31. The number of sulfonamides is 1. The van der Waals surface area contributed by atoms with Crippen molar-refractivity contribution in [2.24, 2.45) is 0 Å². The maximum Gasteiger partial charge on any atom is 0.280 e. The molecule has 1 saturated carbocycles. The average molecular weight is 519 g/mol. The molecule has 13 heteroatoms. The van der Waals surface area contributed by atoms with Crippen LogP contribution >= 0.6 is 11.3 Å². The van der Waals surface area contributed by atoms with Gasteiger partial charge in [-0.15, -0.1) is 11.3 Å². The van der Waals surface area contributed by atoms with Crippen molar-refractivity contribution in [2.45, 2.75) is 44.1 Å². The first kappa shape index (κ1) is 24.9. The van der Waals surface area contributed by atoms with Gasteiger partial charge in [0, 0.05) is 19.5 Å². The largest absolute Gasteiger partial charge is 0.477 e. The van der Waals surface area contributed by atoms with Crippen LogP contribution in [0.5, 0.6) is 5.88 Å². The lowest BCUT2D eigenvalue weighted by Gasteiger charge is -2.23. The second kappa shape index (κ2) is 10.6. The molecule has 3 aromatic heterocycles. The van der Waals surface area contributed by atoms with Gasteiger partial charge in [0.25, 0.3) is 5.91 Å². The van der Waals surface area contributed by atoms with E-state index in [0.29, 0.717) is 47.3 Å². The zero-order valence-corrected chi connectivity index (χ0v) is 21.1. The Labute approximate surface area is 207 Å². The molecule has 35 heavy (non-hydrogen) atoms. The number of nitrogens with zero attached hydrogens (tertiary/aromatic N) is 4. The van der Waals surface area contributed by atoms with Crippen molar-refractivity contribution >= 4 is 33.0 Å². The van der Waals surface area contributed by atoms with Gasteiger partial charge in [-0.2, -0.15) is 0 Å². The molecule has 3 aromatic rings. The van der Waals surface area contributed by atoms with Gasteiger partial charge in [-0.05, 0) is 38.8 Å². The topological polar surface area (TPSA) is 145 Å². The fourth-order valence-corrected chi connectivity index (χ4v) is 5.41. The lowest BCUT2D eigenvalue weighted by atomic mass is 10.1. The van der Waals surface area contributed by atoms with E-state index in [1.807, 2.05) is 6.92 Å². The Morgan fingerprint density at radius 1 is 1.26 bits per heavy atom. The smallest absolute Gasteiger partial charge is 0.280 e. The monoisotopic (exact) mass is 518 g/mol. The third-order valence-corrected chi connectivity index (χ3v) is 8.20. The molecule has 186 valence electrons. The number of ether oxygens (including phenoxy) is 2. The first-order valence-electron chi connectivity index (χ1n) is 11.0. The Bertz CT molecular complexity index is 1290. The highest BCUT2D eigenvalue weighted by atomic mass is 32.2. The molecule has 0 aromatic carbocycles. The standard InChI is InChI=1S/C22H26N6O5S2/c1-4-33-19-12-23-10-17(26-19)18-11-25-22(34-18)21(29)27-20(13(2)32-3)16-9-14(7-8-24-16)28-35(30,31)15-5-6-15/h7-13,15,20H,4-6H2,1-3H3,(H,24,28)(H,27,29)/t13?,20-/m1/s1. The summed E-state index contributed by atoms with van der Waals surface area (Å²) in [5.41, 5.74) is 1.39. The molecule has 4 rings (SSSR count). The number of nitrogens with one attached hydrogen (secondary N) is 2. The van der Waals surface area contributed by atoms with E-state index in [0.717, 1.165) is 11.3 Å². The van der Waals surface area contributed by atoms with Crippen LogP contribution in [0.25, 0.3) is 10.6 Å². The minimum absolute atomic E-state index is 0.225. The van der Waals surface area contributed by atoms with E-state index in [-0.39, 0.29) is 10.3 Å². The lowest BCUT2D eigenvalue weighted by Crippen LogP contribution is -2.36. The molecule has 0 spiro atoms. The Morgan fingerprint density at radius 2 is 2.06 bits per heavy atom. The maximum absolute atomic E-state index is 13.1. The van der Waals surface area contributed by atoms with Crippen LogP contribution in [-0.4, -0.2) is 59.3 Å². The van der Waals surface area contributed by atoms with E-state index in [1.54, 1.807) is 31.5 Å². The van der Waals surface area contributed by atoms with Crippen molar-refractivity contribution in [3.05, 3.63) is 47.6 Å². The van der Waals surface area contributed by atoms with Crippen molar-refractivity contribution in [1.29, 1.82) is 0 Å². The molecule has 11 nitrogen and oxygen atoms in total. The van der Waals surface area contributed by atoms with Gasteiger partial charge in [-0.25, -0.2) is 18.4 Å². The molecule has 0 radical (unpaired) electrons. The number of carbonyl (C=O) groups is 1. The van der Waals surface area contributed by atoms with Crippen LogP contribution in [0.2, 0.25) is 0 Å². The zero-order valence-electron chi connectivity index (χ0n) is 19.5. The molecular weight excluding hydrogens is 492 g/mol. The van der Waals surface area contributed by atoms with Crippen molar-refractivity contribution < 1.29 is 22.7 Å². The molecule has 0 saturated heterocycles. The Hall–Kier alpha value is -3.16. The summed E-state index contributed by atoms with van der Waals surface area (Å²) in [5.74, 6) is -0.0310. The van der Waals surface area contributed by atoms with Crippen LogP contribution < -0.4 is 14.8 Å². The molecule has 1 fully saturated rings. The average Bonchev–Trinajstić information content (AvgIpc) is 3.60. The van der Waals surface area contributed by atoms with Crippen molar-refractivity contribution in [1.82, 2.24) is 25.3 Å². The highest BCUT2D eigenvalue weighted by Gasteiger charge is 2.36. The number of rotatable bonds is 11. The fraction of sp³-hybridized carbons (Fsp3) is 0.409. The first-order chi connectivity index (χ1) is 16.8. The molecule has 0 aliphatic heterocycles. The predicted molar refractivity (Wildman–Crippen MR) is 131 cm³/mol. The molecule has 1 aliphatic carbocycles. The zero-order chi connectivity index (χ0) is 25.0. The number of carbonyl (C=O) groups excluding carboxylic acids is 1. The molecule has 1 aliphatic rings. The Balaban J connectivity index is 1.52. The van der Waals surface area contributed by atoms with E-state index in [2.05, 4.69) is 30.0 Å². The van der Waals surface area contributed by atoms with Crippen molar-refractivity contribution in [3.63, 3.8) is 0 Å². The number of anilines is 1. The molecule has 2 atom stereocenters. The number of hydrogen-bond acceptors (Lipinski definition) is 10. The molecule has 3 heterocycles. The molecule has 1 amide bonds. The van der Waals surface area contributed by atoms with E-state index in [4.69, 9.17) is 9.47 Å². The molecule has 1 unspecified atom stereocenters. The van der Waals surface area contributed by atoms with Gasteiger partial charge < -0.3 is 14.8 Å². The first-order valence-corrected chi connectivity index (χ1v) is 13.4. The van der Waals surface area contributed by atoms with Gasteiger partial charge in [0.1, 0.15) is 5.69 Å². The number of amides is 1. The third kappa shape index (κ3) is 6.10. The van der Waals surface area contributed by atoms with Crippen LogP contribution in [0.15, 0.2) is 36.9 Å². The summed E-state index contributed by atoms with van der Waals surface area (Å²) in [7, 11) is -1.91. The van der Waals surface area contributed by atoms with Gasteiger partial charge >= 0.3 is 0 Å². The lowest BCUT2D eigenvalue weighted by molar-refractivity contribution is 0.0687. The van der Waals surface area contributed by atoms with E-state index < -0.39 is 28.1 Å². The summed E-state index contributed by atoms with van der Waals surface area (Å²) in [6.45, 7) is 4.11. The molecular formula is C22H26N6O5S2. The summed E-state index contributed by atoms with van der Waals surface area (Å²) >= 11 is 1.16. The van der Waals surface area contributed by atoms with E-state index in [1.165, 1.54) is 19.5 Å². The van der Waals surface area contributed by atoms with Crippen LogP contribution in [0, 0.1) is 0 Å². The second-order valence-corrected chi connectivity index (χ2v) is 10.9. The van der Waals surface area contributed by atoms with E-state index >= 15 is 0 Å². The van der Waals surface area contributed by atoms with Crippen molar-refractivity contribution in [3.8, 4) is 16.5 Å². The van der Waals surface area contributed by atoms with Gasteiger partial charge in [-0.3, -0.25) is 19.5 Å². The SMILES string of the molecule is CCOc1cncc(-c2cnc(C(=O)N[C@@H](c3cc(NS(=O)(=O)C4CC4)ccn3)C(C)OC)s2)n1. The van der Waals surface area contributed by atoms with Crippen LogP contribution in [0.1, 0.15) is 48.2 Å². The number of aromatic nitrogens is 4. The number of hydrogen-bond donors (Lipinski definition) is 2. The molecule has 2 N–H and O–H groups in total. The normalized spacial score (nSPS) is 15.3. The highest BCUT2D eigenvalue weighted by Crippen LogP contribution is 2.30. The minimum Gasteiger partial charge on any atom is -0.477 e. The number of thiazole rings is 1. The quantitative estimate of drug-likeness (QED) is 0.391. The van der Waals surface area contributed by atoms with Gasteiger partial charge in [0.2, 0.25) is 15.9 Å². The van der Waals surface area contributed by atoms with Crippen LogP contribution in [-0.2, 0) is 14.8 Å². The van der Waals surface area contributed by atoms with E-state index in [9.17, 15) is 13.2 Å². The Kier molecular flexibility index (Phi) is 7.57. The summed E-state index contributed by atoms with van der Waals surface area (Å²) < 4.78 is 38.1.